The Kier molecular flexibility index (Phi) is 4.61. The first kappa shape index (κ1) is 14.4. The van der Waals surface area contributed by atoms with Crippen LogP contribution in [0.1, 0.15) is 18.4 Å². The van der Waals surface area contributed by atoms with E-state index in [4.69, 9.17) is 9.84 Å². The summed E-state index contributed by atoms with van der Waals surface area (Å²) in [4.78, 5) is 25.0. The van der Waals surface area contributed by atoms with Crippen molar-refractivity contribution in [3.8, 4) is 5.75 Å². The molecule has 20 heavy (non-hydrogen) atoms. The summed E-state index contributed by atoms with van der Waals surface area (Å²) in [6.07, 6.45) is 1.64. The van der Waals surface area contributed by atoms with Gasteiger partial charge in [-0.3, -0.25) is 9.59 Å². The number of piperidine rings is 1. The summed E-state index contributed by atoms with van der Waals surface area (Å²) in [6, 6.07) is 7.39. The number of methoxy groups -OCH3 is 1. The molecule has 1 N–H and O–H groups in total. The highest BCUT2D eigenvalue weighted by molar-refractivity contribution is 5.80. The number of rotatable bonds is 4. The summed E-state index contributed by atoms with van der Waals surface area (Å²) >= 11 is 0. The molecule has 0 spiro atoms. The van der Waals surface area contributed by atoms with Crippen LogP contribution in [0.3, 0.4) is 0 Å². The second-order valence-electron chi connectivity index (χ2n) is 5.01. The van der Waals surface area contributed by atoms with Crippen LogP contribution in [-0.2, 0) is 16.0 Å². The second kappa shape index (κ2) is 6.41. The van der Waals surface area contributed by atoms with E-state index in [1.807, 2.05) is 24.3 Å². The molecule has 1 aliphatic heterocycles. The number of carboxylic acids is 1. The maximum Gasteiger partial charge on any atom is 0.308 e. The average Bonchev–Trinajstić information content (AvgIpc) is 2.48. The molecule has 5 heteroatoms. The fourth-order valence-electron chi connectivity index (χ4n) is 2.53. The van der Waals surface area contributed by atoms with Crippen molar-refractivity contribution in [2.75, 3.05) is 20.2 Å². The van der Waals surface area contributed by atoms with Crippen molar-refractivity contribution in [3.05, 3.63) is 29.8 Å². The minimum Gasteiger partial charge on any atom is -0.496 e. The third kappa shape index (κ3) is 3.29. The van der Waals surface area contributed by atoms with E-state index in [2.05, 4.69) is 0 Å². The van der Waals surface area contributed by atoms with Crippen molar-refractivity contribution in [1.29, 1.82) is 0 Å². The van der Waals surface area contributed by atoms with Gasteiger partial charge in [0.05, 0.1) is 19.4 Å². The van der Waals surface area contributed by atoms with Crippen LogP contribution < -0.4 is 4.74 Å². The predicted octanol–water partition coefficient (Wildman–Crippen LogP) is 1.56. The topological polar surface area (TPSA) is 66.8 Å². The van der Waals surface area contributed by atoms with E-state index in [1.54, 1.807) is 12.0 Å². The molecule has 1 atom stereocenters. The van der Waals surface area contributed by atoms with E-state index in [1.165, 1.54) is 0 Å². The lowest BCUT2D eigenvalue weighted by atomic mass is 9.97. The first-order valence-corrected chi connectivity index (χ1v) is 6.74. The van der Waals surface area contributed by atoms with Crippen LogP contribution in [0.2, 0.25) is 0 Å². The zero-order valence-corrected chi connectivity index (χ0v) is 11.5. The summed E-state index contributed by atoms with van der Waals surface area (Å²) < 4.78 is 5.23. The van der Waals surface area contributed by atoms with Crippen molar-refractivity contribution in [2.45, 2.75) is 19.3 Å². The van der Waals surface area contributed by atoms with Gasteiger partial charge in [-0.25, -0.2) is 0 Å². The lowest BCUT2D eigenvalue weighted by Crippen LogP contribution is -2.43. The molecule has 0 saturated carbocycles. The van der Waals surface area contributed by atoms with Gasteiger partial charge in [0.2, 0.25) is 5.91 Å². The monoisotopic (exact) mass is 277 g/mol. The van der Waals surface area contributed by atoms with Gasteiger partial charge in [0.15, 0.2) is 0 Å². The molecule has 1 fully saturated rings. The van der Waals surface area contributed by atoms with Gasteiger partial charge >= 0.3 is 5.97 Å². The number of aliphatic carboxylic acids is 1. The van der Waals surface area contributed by atoms with Gasteiger partial charge in [-0.15, -0.1) is 0 Å². The van der Waals surface area contributed by atoms with Gasteiger partial charge < -0.3 is 14.7 Å². The quantitative estimate of drug-likeness (QED) is 0.907. The van der Waals surface area contributed by atoms with Crippen LogP contribution in [0.15, 0.2) is 24.3 Å². The number of carbonyl (C=O) groups excluding carboxylic acids is 1. The lowest BCUT2D eigenvalue weighted by molar-refractivity contribution is -0.145. The molecule has 0 aliphatic carbocycles. The number of carboxylic acid groups (broad SMARTS) is 1. The van der Waals surface area contributed by atoms with Gasteiger partial charge in [-0.2, -0.15) is 0 Å². The Balaban J connectivity index is 2.02. The number of amides is 1. The van der Waals surface area contributed by atoms with Crippen molar-refractivity contribution in [3.63, 3.8) is 0 Å². The molecule has 1 aromatic carbocycles. The highest BCUT2D eigenvalue weighted by Crippen LogP contribution is 2.21. The van der Waals surface area contributed by atoms with Gasteiger partial charge in [-0.05, 0) is 18.9 Å². The molecule has 1 amide bonds. The third-order valence-electron chi connectivity index (χ3n) is 3.66. The van der Waals surface area contributed by atoms with Gasteiger partial charge in [0.1, 0.15) is 5.75 Å². The summed E-state index contributed by atoms with van der Waals surface area (Å²) in [7, 11) is 1.57. The maximum atomic E-state index is 12.3. The Hall–Kier alpha value is -2.04. The summed E-state index contributed by atoms with van der Waals surface area (Å²) in [5.41, 5.74) is 0.831. The number of ether oxygens (including phenoxy) is 1. The number of para-hydroxylation sites is 1. The Morgan fingerprint density at radius 2 is 2.15 bits per heavy atom. The molecule has 1 aromatic rings. The van der Waals surface area contributed by atoms with Crippen molar-refractivity contribution >= 4 is 11.9 Å². The SMILES string of the molecule is COc1ccccc1CC(=O)N1CCC[C@@H](C(=O)O)C1. The van der Waals surface area contributed by atoms with Crippen LogP contribution >= 0.6 is 0 Å². The zero-order chi connectivity index (χ0) is 14.5. The van der Waals surface area contributed by atoms with E-state index in [0.717, 1.165) is 12.0 Å². The Labute approximate surface area is 118 Å². The summed E-state index contributed by atoms with van der Waals surface area (Å²) in [5, 5.41) is 9.05. The molecule has 0 bridgehead atoms. The average molecular weight is 277 g/mol. The highest BCUT2D eigenvalue weighted by Gasteiger charge is 2.28. The van der Waals surface area contributed by atoms with Gasteiger partial charge in [0.25, 0.3) is 0 Å². The minimum atomic E-state index is -0.820. The van der Waals surface area contributed by atoms with E-state index in [9.17, 15) is 9.59 Å². The lowest BCUT2D eigenvalue weighted by Gasteiger charge is -2.30. The number of nitrogens with zero attached hydrogens (tertiary/aromatic N) is 1. The smallest absolute Gasteiger partial charge is 0.308 e. The first-order chi connectivity index (χ1) is 9.61. The molecule has 1 heterocycles. The summed E-state index contributed by atoms with van der Waals surface area (Å²) in [5.74, 6) is -0.613. The standard InChI is InChI=1S/C15H19NO4/c1-20-13-7-3-2-5-11(13)9-14(17)16-8-4-6-12(10-16)15(18)19/h2-3,5,7,12H,4,6,8-10H2,1H3,(H,18,19)/t12-/m1/s1. The molecule has 2 rings (SSSR count). The normalized spacial score (nSPS) is 18.6. The minimum absolute atomic E-state index is 0.0412. The number of hydrogen-bond donors (Lipinski definition) is 1. The van der Waals surface area contributed by atoms with E-state index < -0.39 is 11.9 Å². The van der Waals surface area contributed by atoms with E-state index in [-0.39, 0.29) is 12.3 Å². The first-order valence-electron chi connectivity index (χ1n) is 6.74. The number of benzene rings is 1. The highest BCUT2D eigenvalue weighted by atomic mass is 16.5. The Morgan fingerprint density at radius 1 is 1.40 bits per heavy atom. The van der Waals surface area contributed by atoms with Crippen LogP contribution in [0.25, 0.3) is 0 Å². The Bertz CT molecular complexity index is 500. The molecular weight excluding hydrogens is 258 g/mol. The fraction of sp³-hybridized carbons (Fsp3) is 0.467. The van der Waals surface area contributed by atoms with Crippen LogP contribution in [-0.4, -0.2) is 42.1 Å². The van der Waals surface area contributed by atoms with Crippen LogP contribution in [0.4, 0.5) is 0 Å². The molecule has 1 saturated heterocycles. The fourth-order valence-corrected chi connectivity index (χ4v) is 2.53. The Morgan fingerprint density at radius 3 is 2.85 bits per heavy atom. The zero-order valence-electron chi connectivity index (χ0n) is 11.5. The van der Waals surface area contributed by atoms with E-state index in [0.29, 0.717) is 25.3 Å². The molecule has 0 unspecified atom stereocenters. The molecule has 5 nitrogen and oxygen atoms in total. The predicted molar refractivity (Wildman–Crippen MR) is 73.6 cm³/mol. The molecule has 1 aliphatic rings. The van der Waals surface area contributed by atoms with Gasteiger partial charge in [-0.1, -0.05) is 18.2 Å². The molecule has 0 radical (unpaired) electrons. The number of likely N-dealkylation sites (tertiary alicyclic amines) is 1. The van der Waals surface area contributed by atoms with Crippen molar-refractivity contribution < 1.29 is 19.4 Å². The molecular formula is C15H19NO4. The largest absolute Gasteiger partial charge is 0.496 e. The summed E-state index contributed by atoms with van der Waals surface area (Å²) in [6.45, 7) is 0.946. The molecule has 0 aromatic heterocycles. The third-order valence-corrected chi connectivity index (χ3v) is 3.66. The van der Waals surface area contributed by atoms with Gasteiger partial charge in [0, 0.05) is 18.7 Å². The second-order valence-corrected chi connectivity index (χ2v) is 5.01. The van der Waals surface area contributed by atoms with Crippen molar-refractivity contribution in [2.24, 2.45) is 5.92 Å². The molecule has 108 valence electrons. The van der Waals surface area contributed by atoms with E-state index >= 15 is 0 Å². The van der Waals surface area contributed by atoms with Crippen molar-refractivity contribution in [1.82, 2.24) is 4.90 Å². The number of carbonyl (C=O) groups is 2. The van der Waals surface area contributed by atoms with Crippen LogP contribution in [0.5, 0.6) is 5.75 Å². The maximum absolute atomic E-state index is 12.3. The number of hydrogen-bond acceptors (Lipinski definition) is 3. The van der Waals surface area contributed by atoms with Crippen LogP contribution in [0, 0.1) is 5.92 Å².